The average Bonchev–Trinajstić information content (AvgIpc) is 2.55. The van der Waals surface area contributed by atoms with Gasteiger partial charge in [0.1, 0.15) is 0 Å². The van der Waals surface area contributed by atoms with Crippen LogP contribution in [-0.2, 0) is 10.0 Å². The Kier molecular flexibility index (Phi) is 5.04. The number of rotatable bonds is 5. The molecule has 0 radical (unpaired) electrons. The normalized spacial score (nSPS) is 11.1. The number of aryl methyl sites for hydroxylation is 1. The van der Waals surface area contributed by atoms with Crippen molar-refractivity contribution in [3.05, 3.63) is 57.6 Å². The summed E-state index contributed by atoms with van der Waals surface area (Å²) < 4.78 is 26.1. The highest BCUT2D eigenvalue weighted by molar-refractivity contribution is 7.89. The topological polar surface area (TPSA) is 139 Å². The van der Waals surface area contributed by atoms with Crippen molar-refractivity contribution in [2.24, 2.45) is 0 Å². The highest BCUT2D eigenvalue weighted by Gasteiger charge is 2.18. The van der Waals surface area contributed by atoms with E-state index in [4.69, 9.17) is 0 Å². The standard InChI is InChI=1S/C15H15N3O6S/c1-9-3-5-11(8-14(9)25(23,24)16-2)17-15(20)10-4-6-12(18(21)22)13(19)7-10/h3-8,16,19H,1-2H3,(H,17,20). The maximum atomic E-state index is 12.2. The molecule has 0 saturated heterocycles. The summed E-state index contributed by atoms with van der Waals surface area (Å²) in [5.74, 6) is -1.29. The molecule has 0 heterocycles. The largest absolute Gasteiger partial charge is 0.502 e. The highest BCUT2D eigenvalue weighted by Crippen LogP contribution is 2.27. The number of carbonyl (C=O) groups is 1. The third-order valence-corrected chi connectivity index (χ3v) is 4.99. The molecule has 0 bridgehead atoms. The van der Waals surface area contributed by atoms with Crippen LogP contribution in [0.25, 0.3) is 0 Å². The molecule has 0 spiro atoms. The molecule has 1 amide bonds. The third kappa shape index (κ3) is 3.92. The maximum Gasteiger partial charge on any atom is 0.310 e. The smallest absolute Gasteiger partial charge is 0.310 e. The first kappa shape index (κ1) is 18.4. The van der Waals surface area contributed by atoms with Gasteiger partial charge in [-0.25, -0.2) is 13.1 Å². The molecule has 2 rings (SSSR count). The van der Waals surface area contributed by atoms with Gasteiger partial charge >= 0.3 is 5.69 Å². The van der Waals surface area contributed by atoms with Crippen molar-refractivity contribution in [3.8, 4) is 5.75 Å². The summed E-state index contributed by atoms with van der Waals surface area (Å²) in [4.78, 5) is 22.1. The molecular formula is C15H15N3O6S. The zero-order valence-corrected chi connectivity index (χ0v) is 14.1. The van der Waals surface area contributed by atoms with E-state index >= 15 is 0 Å². The summed E-state index contributed by atoms with van der Waals surface area (Å²) in [5.41, 5.74) is 0.193. The predicted octanol–water partition coefficient (Wildman–Crippen LogP) is 1.77. The first-order valence-electron chi connectivity index (χ1n) is 6.98. The Hall–Kier alpha value is -2.98. The van der Waals surface area contributed by atoms with Gasteiger partial charge in [0, 0.05) is 17.3 Å². The summed E-state index contributed by atoms with van der Waals surface area (Å²) in [5, 5.41) is 22.7. The van der Waals surface area contributed by atoms with Crippen LogP contribution in [0, 0.1) is 17.0 Å². The number of amides is 1. The number of hydrogen-bond acceptors (Lipinski definition) is 6. The number of benzene rings is 2. The van der Waals surface area contributed by atoms with Crippen LogP contribution >= 0.6 is 0 Å². The molecule has 0 aromatic heterocycles. The van der Waals surface area contributed by atoms with E-state index < -0.39 is 32.3 Å². The summed E-state index contributed by atoms with van der Waals surface area (Å²) in [6.45, 7) is 1.62. The van der Waals surface area contributed by atoms with Crippen molar-refractivity contribution in [1.82, 2.24) is 4.72 Å². The van der Waals surface area contributed by atoms with Crippen molar-refractivity contribution < 1.29 is 23.2 Å². The van der Waals surface area contributed by atoms with Gasteiger partial charge in [-0.3, -0.25) is 14.9 Å². The number of carbonyl (C=O) groups excluding carboxylic acids is 1. The number of sulfonamides is 1. The Labute approximate surface area is 143 Å². The number of nitro groups is 1. The van der Waals surface area contributed by atoms with Gasteiger partial charge in [-0.15, -0.1) is 0 Å². The minimum Gasteiger partial charge on any atom is -0.502 e. The fourth-order valence-corrected chi connectivity index (χ4v) is 3.09. The molecule has 10 heteroatoms. The average molecular weight is 365 g/mol. The molecule has 0 aliphatic carbocycles. The number of nitrogens with one attached hydrogen (secondary N) is 2. The second-order valence-corrected chi connectivity index (χ2v) is 6.96. The fourth-order valence-electron chi connectivity index (χ4n) is 2.10. The molecule has 0 aliphatic heterocycles. The van der Waals surface area contributed by atoms with Gasteiger partial charge in [0.2, 0.25) is 10.0 Å². The lowest BCUT2D eigenvalue weighted by molar-refractivity contribution is -0.385. The highest BCUT2D eigenvalue weighted by atomic mass is 32.2. The zero-order chi connectivity index (χ0) is 18.8. The van der Waals surface area contributed by atoms with Crippen LogP contribution in [-0.4, -0.2) is 31.4 Å². The van der Waals surface area contributed by atoms with E-state index in [0.29, 0.717) is 5.56 Å². The number of aromatic hydroxyl groups is 1. The van der Waals surface area contributed by atoms with Crippen molar-refractivity contribution in [2.45, 2.75) is 11.8 Å². The van der Waals surface area contributed by atoms with E-state index in [9.17, 15) is 28.4 Å². The van der Waals surface area contributed by atoms with Crippen molar-refractivity contribution >= 4 is 27.3 Å². The summed E-state index contributed by atoms with van der Waals surface area (Å²) in [6.07, 6.45) is 0. The Morgan fingerprint density at radius 3 is 2.44 bits per heavy atom. The second kappa shape index (κ2) is 6.87. The number of anilines is 1. The van der Waals surface area contributed by atoms with E-state index in [2.05, 4.69) is 10.0 Å². The molecular weight excluding hydrogens is 350 g/mol. The maximum absolute atomic E-state index is 12.2. The fraction of sp³-hybridized carbons (Fsp3) is 0.133. The van der Waals surface area contributed by atoms with Crippen LogP contribution in [0.3, 0.4) is 0 Å². The van der Waals surface area contributed by atoms with Gasteiger partial charge < -0.3 is 10.4 Å². The first-order valence-corrected chi connectivity index (χ1v) is 8.47. The van der Waals surface area contributed by atoms with Crippen LogP contribution in [0.2, 0.25) is 0 Å². The number of phenols is 1. The zero-order valence-electron chi connectivity index (χ0n) is 13.3. The summed E-state index contributed by atoms with van der Waals surface area (Å²) in [7, 11) is -2.41. The molecule has 0 saturated carbocycles. The Balaban J connectivity index is 2.31. The molecule has 3 N–H and O–H groups in total. The number of hydrogen-bond donors (Lipinski definition) is 3. The molecule has 2 aromatic carbocycles. The van der Waals surface area contributed by atoms with Crippen LogP contribution in [0.5, 0.6) is 5.75 Å². The van der Waals surface area contributed by atoms with E-state index in [1.54, 1.807) is 6.92 Å². The van der Waals surface area contributed by atoms with Crippen LogP contribution < -0.4 is 10.0 Å². The minimum atomic E-state index is -3.69. The molecule has 0 atom stereocenters. The minimum absolute atomic E-state index is 0.0123. The lowest BCUT2D eigenvalue weighted by Crippen LogP contribution is -2.20. The summed E-state index contributed by atoms with van der Waals surface area (Å²) >= 11 is 0. The van der Waals surface area contributed by atoms with E-state index in [1.807, 2.05) is 0 Å². The summed E-state index contributed by atoms with van der Waals surface area (Å²) in [6, 6.07) is 7.51. The number of phenolic OH excluding ortho intramolecular Hbond substituents is 1. The van der Waals surface area contributed by atoms with Crippen LogP contribution in [0.4, 0.5) is 11.4 Å². The van der Waals surface area contributed by atoms with E-state index in [0.717, 1.165) is 12.1 Å². The first-order chi connectivity index (χ1) is 11.7. The van der Waals surface area contributed by atoms with Crippen molar-refractivity contribution in [1.29, 1.82) is 0 Å². The molecule has 0 unspecified atom stereocenters. The van der Waals surface area contributed by atoms with Gasteiger partial charge in [-0.05, 0) is 43.8 Å². The van der Waals surface area contributed by atoms with Crippen molar-refractivity contribution in [2.75, 3.05) is 12.4 Å². The van der Waals surface area contributed by atoms with E-state index in [1.165, 1.54) is 31.3 Å². The van der Waals surface area contributed by atoms with Crippen LogP contribution in [0.1, 0.15) is 15.9 Å². The third-order valence-electron chi connectivity index (χ3n) is 3.44. The molecule has 0 fully saturated rings. The lowest BCUT2D eigenvalue weighted by atomic mass is 10.1. The molecule has 0 aliphatic rings. The molecule has 9 nitrogen and oxygen atoms in total. The number of nitrogens with zero attached hydrogens (tertiary/aromatic N) is 1. The molecule has 25 heavy (non-hydrogen) atoms. The van der Waals surface area contributed by atoms with Gasteiger partial charge in [0.05, 0.1) is 9.82 Å². The number of nitro benzene ring substituents is 1. The van der Waals surface area contributed by atoms with Gasteiger partial charge in [-0.1, -0.05) is 6.07 Å². The Bertz CT molecular complexity index is 956. The predicted molar refractivity (Wildman–Crippen MR) is 90.1 cm³/mol. The Morgan fingerprint density at radius 2 is 1.88 bits per heavy atom. The van der Waals surface area contributed by atoms with Crippen LogP contribution in [0.15, 0.2) is 41.3 Å². The van der Waals surface area contributed by atoms with E-state index in [-0.39, 0.29) is 16.1 Å². The van der Waals surface area contributed by atoms with Gasteiger partial charge in [-0.2, -0.15) is 0 Å². The molecule has 132 valence electrons. The quantitative estimate of drug-likeness (QED) is 0.545. The lowest BCUT2D eigenvalue weighted by Gasteiger charge is -2.10. The SMILES string of the molecule is CNS(=O)(=O)c1cc(NC(=O)c2ccc([N+](=O)[O-])c(O)c2)ccc1C. The second-order valence-electron chi connectivity index (χ2n) is 5.10. The monoisotopic (exact) mass is 365 g/mol. The molecule has 2 aromatic rings. The van der Waals surface area contributed by atoms with Gasteiger partial charge in [0.25, 0.3) is 5.91 Å². The van der Waals surface area contributed by atoms with Gasteiger partial charge in [0.15, 0.2) is 5.75 Å². The Morgan fingerprint density at radius 1 is 1.20 bits per heavy atom. The van der Waals surface area contributed by atoms with Crippen molar-refractivity contribution in [3.63, 3.8) is 0 Å².